The molecule has 2 rings (SSSR count). The van der Waals surface area contributed by atoms with E-state index in [1.165, 1.54) is 0 Å². The van der Waals surface area contributed by atoms with Crippen molar-refractivity contribution < 1.29 is 14.6 Å². The SMILES string of the molecule is Cc1ccccc1OCc1ccc(C(=O)O)c(C)c1. The minimum Gasteiger partial charge on any atom is -0.489 e. The fraction of sp³-hybridized carbons (Fsp3) is 0.188. The summed E-state index contributed by atoms with van der Waals surface area (Å²) in [6, 6.07) is 13.1. The molecule has 0 aromatic heterocycles. The van der Waals surface area contributed by atoms with E-state index in [4.69, 9.17) is 9.84 Å². The second kappa shape index (κ2) is 5.57. The third kappa shape index (κ3) is 3.13. The Labute approximate surface area is 112 Å². The van der Waals surface area contributed by atoms with E-state index in [1.807, 2.05) is 37.3 Å². The van der Waals surface area contributed by atoms with E-state index in [1.54, 1.807) is 19.1 Å². The normalized spacial score (nSPS) is 10.2. The summed E-state index contributed by atoms with van der Waals surface area (Å²) in [7, 11) is 0. The molecular weight excluding hydrogens is 240 g/mol. The lowest BCUT2D eigenvalue weighted by molar-refractivity contribution is 0.0696. The van der Waals surface area contributed by atoms with E-state index in [0.29, 0.717) is 12.2 Å². The number of carboxylic acid groups (broad SMARTS) is 1. The summed E-state index contributed by atoms with van der Waals surface area (Å²) in [5, 5.41) is 8.97. The molecule has 0 aliphatic heterocycles. The summed E-state index contributed by atoms with van der Waals surface area (Å²) < 4.78 is 5.73. The molecule has 3 heteroatoms. The van der Waals surface area contributed by atoms with Gasteiger partial charge in [-0.05, 0) is 42.7 Å². The predicted octanol–water partition coefficient (Wildman–Crippen LogP) is 3.58. The molecule has 0 unspecified atom stereocenters. The molecule has 0 aliphatic carbocycles. The first kappa shape index (κ1) is 13.1. The van der Waals surface area contributed by atoms with Crippen LogP contribution in [-0.2, 0) is 6.61 Å². The molecule has 0 saturated heterocycles. The van der Waals surface area contributed by atoms with Crippen LogP contribution in [0.4, 0.5) is 0 Å². The van der Waals surface area contributed by atoms with Crippen molar-refractivity contribution in [1.29, 1.82) is 0 Å². The predicted molar refractivity (Wildman–Crippen MR) is 73.6 cm³/mol. The van der Waals surface area contributed by atoms with Gasteiger partial charge in [0.25, 0.3) is 0 Å². The average molecular weight is 256 g/mol. The van der Waals surface area contributed by atoms with Crippen LogP contribution in [0.2, 0.25) is 0 Å². The first-order valence-electron chi connectivity index (χ1n) is 6.09. The minimum atomic E-state index is -0.899. The van der Waals surface area contributed by atoms with Gasteiger partial charge < -0.3 is 9.84 Å². The quantitative estimate of drug-likeness (QED) is 0.909. The second-order valence-corrected chi connectivity index (χ2v) is 4.51. The molecular formula is C16H16O3. The summed E-state index contributed by atoms with van der Waals surface area (Å²) >= 11 is 0. The van der Waals surface area contributed by atoms with Gasteiger partial charge in [0, 0.05) is 0 Å². The van der Waals surface area contributed by atoms with Gasteiger partial charge in [-0.3, -0.25) is 0 Å². The molecule has 1 N–H and O–H groups in total. The summed E-state index contributed by atoms with van der Waals surface area (Å²) in [5.74, 6) is -0.0497. The third-order valence-electron chi connectivity index (χ3n) is 3.01. The van der Waals surface area contributed by atoms with Crippen LogP contribution in [0.3, 0.4) is 0 Å². The monoisotopic (exact) mass is 256 g/mol. The molecule has 2 aromatic rings. The van der Waals surface area contributed by atoms with Gasteiger partial charge >= 0.3 is 5.97 Å². The summed E-state index contributed by atoms with van der Waals surface area (Å²) in [4.78, 5) is 10.9. The molecule has 98 valence electrons. The fourth-order valence-electron chi connectivity index (χ4n) is 1.93. The second-order valence-electron chi connectivity index (χ2n) is 4.51. The number of carboxylic acids is 1. The first-order chi connectivity index (χ1) is 9.08. The molecule has 0 aliphatic rings. The Kier molecular flexibility index (Phi) is 3.85. The van der Waals surface area contributed by atoms with Gasteiger partial charge in [-0.2, -0.15) is 0 Å². The number of ether oxygens (including phenoxy) is 1. The zero-order valence-corrected chi connectivity index (χ0v) is 11.0. The summed E-state index contributed by atoms with van der Waals surface area (Å²) in [6.45, 7) is 4.22. The Morgan fingerprint density at radius 2 is 1.84 bits per heavy atom. The van der Waals surface area contributed by atoms with E-state index in [0.717, 1.165) is 22.4 Å². The van der Waals surface area contributed by atoms with Crippen molar-refractivity contribution in [3.05, 3.63) is 64.7 Å². The molecule has 0 fully saturated rings. The zero-order valence-electron chi connectivity index (χ0n) is 11.0. The van der Waals surface area contributed by atoms with Crippen LogP contribution in [0.25, 0.3) is 0 Å². The van der Waals surface area contributed by atoms with Crippen LogP contribution >= 0.6 is 0 Å². The number of para-hydroxylation sites is 1. The Morgan fingerprint density at radius 3 is 2.47 bits per heavy atom. The molecule has 0 heterocycles. The van der Waals surface area contributed by atoms with Crippen LogP contribution in [0.15, 0.2) is 42.5 Å². The maximum absolute atomic E-state index is 10.9. The van der Waals surface area contributed by atoms with Gasteiger partial charge in [-0.15, -0.1) is 0 Å². The lowest BCUT2D eigenvalue weighted by Crippen LogP contribution is -2.02. The number of aryl methyl sites for hydroxylation is 2. The molecule has 2 aromatic carbocycles. The molecule has 0 amide bonds. The maximum Gasteiger partial charge on any atom is 0.335 e. The number of hydrogen-bond acceptors (Lipinski definition) is 2. The van der Waals surface area contributed by atoms with Gasteiger partial charge in [0.2, 0.25) is 0 Å². The van der Waals surface area contributed by atoms with Crippen molar-refractivity contribution in [2.24, 2.45) is 0 Å². The van der Waals surface area contributed by atoms with E-state index in [9.17, 15) is 4.79 Å². The van der Waals surface area contributed by atoms with Crippen LogP contribution in [0, 0.1) is 13.8 Å². The molecule has 0 atom stereocenters. The molecule has 0 radical (unpaired) electrons. The van der Waals surface area contributed by atoms with Gasteiger partial charge in [-0.1, -0.05) is 30.3 Å². The van der Waals surface area contributed by atoms with Crippen LogP contribution in [0.5, 0.6) is 5.75 Å². The van der Waals surface area contributed by atoms with E-state index >= 15 is 0 Å². The van der Waals surface area contributed by atoms with Crippen molar-refractivity contribution in [1.82, 2.24) is 0 Å². The number of hydrogen-bond donors (Lipinski definition) is 1. The Hall–Kier alpha value is -2.29. The molecule has 0 bridgehead atoms. The van der Waals surface area contributed by atoms with Gasteiger partial charge in [0.05, 0.1) is 5.56 Å². The lowest BCUT2D eigenvalue weighted by atomic mass is 10.1. The van der Waals surface area contributed by atoms with E-state index in [2.05, 4.69) is 0 Å². The van der Waals surface area contributed by atoms with Crippen LogP contribution < -0.4 is 4.74 Å². The van der Waals surface area contributed by atoms with Crippen molar-refractivity contribution in [2.75, 3.05) is 0 Å². The minimum absolute atomic E-state index is 0.333. The molecule has 0 saturated carbocycles. The standard InChI is InChI=1S/C16H16O3/c1-11-5-3-4-6-15(11)19-10-13-7-8-14(16(17)18)12(2)9-13/h3-9H,10H2,1-2H3,(H,17,18). The van der Waals surface area contributed by atoms with Crippen LogP contribution in [0.1, 0.15) is 27.0 Å². The summed E-state index contributed by atoms with van der Waals surface area (Å²) in [6.07, 6.45) is 0. The lowest BCUT2D eigenvalue weighted by Gasteiger charge is -2.10. The van der Waals surface area contributed by atoms with Crippen molar-refractivity contribution in [2.45, 2.75) is 20.5 Å². The molecule has 0 spiro atoms. The zero-order chi connectivity index (χ0) is 13.8. The molecule has 19 heavy (non-hydrogen) atoms. The van der Waals surface area contributed by atoms with Gasteiger partial charge in [0.15, 0.2) is 0 Å². The third-order valence-corrected chi connectivity index (χ3v) is 3.01. The van der Waals surface area contributed by atoms with Crippen molar-refractivity contribution >= 4 is 5.97 Å². The van der Waals surface area contributed by atoms with Crippen LogP contribution in [-0.4, -0.2) is 11.1 Å². The number of aromatic carboxylic acids is 1. The highest BCUT2D eigenvalue weighted by molar-refractivity contribution is 5.89. The topological polar surface area (TPSA) is 46.5 Å². The summed E-state index contributed by atoms with van der Waals surface area (Å²) in [5.41, 5.74) is 3.13. The van der Waals surface area contributed by atoms with E-state index in [-0.39, 0.29) is 0 Å². The highest BCUT2D eigenvalue weighted by Gasteiger charge is 2.07. The van der Waals surface area contributed by atoms with Gasteiger partial charge in [0.1, 0.15) is 12.4 Å². The number of rotatable bonds is 4. The Morgan fingerprint density at radius 1 is 1.11 bits per heavy atom. The average Bonchev–Trinajstić information content (AvgIpc) is 2.37. The molecule has 3 nitrogen and oxygen atoms in total. The maximum atomic E-state index is 10.9. The highest BCUT2D eigenvalue weighted by atomic mass is 16.5. The van der Waals surface area contributed by atoms with Crippen molar-refractivity contribution in [3.8, 4) is 5.75 Å². The van der Waals surface area contributed by atoms with Gasteiger partial charge in [-0.25, -0.2) is 4.79 Å². The van der Waals surface area contributed by atoms with Crippen molar-refractivity contribution in [3.63, 3.8) is 0 Å². The van der Waals surface area contributed by atoms with E-state index < -0.39 is 5.97 Å². The smallest absolute Gasteiger partial charge is 0.335 e. The number of benzene rings is 2. The Balaban J connectivity index is 2.11. The number of carbonyl (C=O) groups is 1. The highest BCUT2D eigenvalue weighted by Crippen LogP contribution is 2.19. The fourth-order valence-corrected chi connectivity index (χ4v) is 1.93. The largest absolute Gasteiger partial charge is 0.489 e. The Bertz CT molecular complexity index is 603. The first-order valence-corrected chi connectivity index (χ1v) is 6.09.